The maximum absolute atomic E-state index is 12.5. The van der Waals surface area contributed by atoms with E-state index in [0.717, 1.165) is 5.56 Å². The molecule has 0 spiro atoms. The van der Waals surface area contributed by atoms with Crippen LogP contribution in [-0.2, 0) is 16.0 Å². The predicted molar refractivity (Wildman–Crippen MR) is 109 cm³/mol. The first-order chi connectivity index (χ1) is 14.3. The topological polar surface area (TPSA) is 67.9 Å². The molecular weight excluding hydrogens is 394 g/mol. The zero-order valence-electron chi connectivity index (χ0n) is 17.0. The fourth-order valence-corrected chi connectivity index (χ4v) is 2.73. The monoisotopic (exact) mass is 418 g/mol. The van der Waals surface area contributed by atoms with E-state index in [1.54, 1.807) is 14.1 Å². The minimum absolute atomic E-state index is 0.103. The van der Waals surface area contributed by atoms with Crippen LogP contribution in [0.2, 0.25) is 0 Å². The molecule has 8 heteroatoms. The van der Waals surface area contributed by atoms with E-state index in [1.165, 1.54) is 42.4 Å². The molecule has 0 aliphatic carbocycles. The molecule has 1 unspecified atom stereocenters. The molecule has 6 nitrogen and oxygen atoms in total. The Kier molecular flexibility index (Phi) is 8.34. The molecule has 1 N–H and O–H groups in total. The fraction of sp³-hybridized carbons (Fsp3) is 0.273. The molecule has 0 aliphatic heterocycles. The molecule has 0 saturated heterocycles. The van der Waals surface area contributed by atoms with Crippen LogP contribution in [0.15, 0.2) is 54.6 Å². The number of hydrogen-bond donors (Lipinski definition) is 1. The summed E-state index contributed by atoms with van der Waals surface area (Å²) in [6.07, 6.45) is 3.11. The van der Waals surface area contributed by atoms with Gasteiger partial charge in [-0.1, -0.05) is 36.4 Å². The van der Waals surface area contributed by atoms with Gasteiger partial charge in [-0.25, -0.2) is 0 Å². The lowest BCUT2D eigenvalue weighted by Crippen LogP contribution is -2.47. The molecule has 30 heavy (non-hydrogen) atoms. The zero-order chi connectivity index (χ0) is 22.1. The minimum Gasteiger partial charge on any atom is -0.493 e. The highest BCUT2D eigenvalue weighted by Gasteiger charge is 2.22. The van der Waals surface area contributed by atoms with Gasteiger partial charge in [-0.2, -0.15) is 8.78 Å². The van der Waals surface area contributed by atoms with E-state index < -0.39 is 18.6 Å². The Labute approximate surface area is 174 Å². The molecule has 0 fully saturated rings. The Morgan fingerprint density at radius 1 is 1.10 bits per heavy atom. The van der Waals surface area contributed by atoms with Gasteiger partial charge in [-0.05, 0) is 29.3 Å². The van der Waals surface area contributed by atoms with Gasteiger partial charge in [0, 0.05) is 26.6 Å². The van der Waals surface area contributed by atoms with Crippen molar-refractivity contribution in [2.24, 2.45) is 0 Å². The second kappa shape index (κ2) is 10.9. The van der Waals surface area contributed by atoms with E-state index in [4.69, 9.17) is 4.74 Å². The van der Waals surface area contributed by atoms with Gasteiger partial charge >= 0.3 is 6.61 Å². The SMILES string of the molecule is COc1cc(/C=C/C(=O)NC(Cc2ccccc2)C(=O)N(C)C)ccc1OC(F)F. The first-order valence-corrected chi connectivity index (χ1v) is 9.16. The van der Waals surface area contributed by atoms with E-state index >= 15 is 0 Å². The van der Waals surface area contributed by atoms with E-state index in [1.807, 2.05) is 30.3 Å². The number of carbonyl (C=O) groups excluding carboxylic acids is 2. The summed E-state index contributed by atoms with van der Waals surface area (Å²) in [6, 6.07) is 12.9. The molecule has 0 saturated carbocycles. The van der Waals surface area contributed by atoms with Crippen molar-refractivity contribution in [3.63, 3.8) is 0 Å². The second-order valence-electron chi connectivity index (χ2n) is 6.61. The molecule has 2 rings (SSSR count). The van der Waals surface area contributed by atoms with Gasteiger partial charge in [-0.15, -0.1) is 0 Å². The van der Waals surface area contributed by atoms with Gasteiger partial charge in [0.2, 0.25) is 11.8 Å². The molecule has 0 heterocycles. The van der Waals surface area contributed by atoms with Crippen LogP contribution in [0.3, 0.4) is 0 Å². The molecule has 160 valence electrons. The highest BCUT2D eigenvalue weighted by Crippen LogP contribution is 2.29. The predicted octanol–water partition coefficient (Wildman–Crippen LogP) is 3.13. The van der Waals surface area contributed by atoms with Crippen molar-refractivity contribution < 1.29 is 27.8 Å². The molecule has 2 aromatic carbocycles. The number of hydrogen-bond acceptors (Lipinski definition) is 4. The van der Waals surface area contributed by atoms with E-state index in [0.29, 0.717) is 12.0 Å². The lowest BCUT2D eigenvalue weighted by Gasteiger charge is -2.21. The Hall–Kier alpha value is -3.42. The minimum atomic E-state index is -2.97. The van der Waals surface area contributed by atoms with E-state index in [2.05, 4.69) is 10.1 Å². The van der Waals surface area contributed by atoms with Crippen LogP contribution in [0.25, 0.3) is 6.08 Å². The number of ether oxygens (including phenoxy) is 2. The number of rotatable bonds is 9. The number of halogens is 2. The molecule has 1 atom stereocenters. The molecule has 0 aliphatic rings. The largest absolute Gasteiger partial charge is 0.493 e. The smallest absolute Gasteiger partial charge is 0.387 e. The second-order valence-corrected chi connectivity index (χ2v) is 6.61. The maximum Gasteiger partial charge on any atom is 0.387 e. The number of methoxy groups -OCH3 is 1. The van der Waals surface area contributed by atoms with Gasteiger partial charge in [0.15, 0.2) is 11.5 Å². The van der Waals surface area contributed by atoms with Crippen LogP contribution in [0.4, 0.5) is 8.78 Å². The lowest BCUT2D eigenvalue weighted by molar-refractivity contribution is -0.133. The van der Waals surface area contributed by atoms with Crippen molar-refractivity contribution >= 4 is 17.9 Å². The third-order valence-electron chi connectivity index (χ3n) is 4.17. The van der Waals surface area contributed by atoms with E-state index in [9.17, 15) is 18.4 Å². The molecule has 0 aromatic heterocycles. The molecule has 2 amide bonds. The Morgan fingerprint density at radius 3 is 2.40 bits per heavy atom. The van der Waals surface area contributed by atoms with Gasteiger partial charge < -0.3 is 19.7 Å². The van der Waals surface area contributed by atoms with E-state index in [-0.39, 0.29) is 17.4 Å². The number of carbonyl (C=O) groups is 2. The Morgan fingerprint density at radius 2 is 1.80 bits per heavy atom. The van der Waals surface area contributed by atoms with Crippen molar-refractivity contribution in [3.05, 3.63) is 65.7 Å². The summed E-state index contributed by atoms with van der Waals surface area (Å²) in [5.41, 5.74) is 1.46. The van der Waals surface area contributed by atoms with Crippen LogP contribution in [0.1, 0.15) is 11.1 Å². The number of likely N-dealkylation sites (N-methyl/N-ethyl adjacent to an activating group) is 1. The third-order valence-corrected chi connectivity index (χ3v) is 4.17. The standard InChI is InChI=1S/C22H24F2N2O4/c1-26(2)21(28)17(13-15-7-5-4-6-8-15)25-20(27)12-10-16-9-11-18(30-22(23)24)19(14-16)29-3/h4-12,14,17,22H,13H2,1-3H3,(H,25,27)/b12-10+. The summed E-state index contributed by atoms with van der Waals surface area (Å²) in [5.74, 6) is -0.676. The van der Waals surface area contributed by atoms with Crippen molar-refractivity contribution in [1.29, 1.82) is 0 Å². The fourth-order valence-electron chi connectivity index (χ4n) is 2.73. The highest BCUT2D eigenvalue weighted by molar-refractivity contribution is 5.95. The molecule has 2 aromatic rings. The molecule has 0 bridgehead atoms. The zero-order valence-corrected chi connectivity index (χ0v) is 17.0. The average Bonchev–Trinajstić information content (AvgIpc) is 2.72. The van der Waals surface area contributed by atoms with Crippen LogP contribution < -0.4 is 14.8 Å². The average molecular weight is 418 g/mol. The van der Waals surface area contributed by atoms with Crippen LogP contribution >= 0.6 is 0 Å². The van der Waals surface area contributed by atoms with Gasteiger partial charge in [0.1, 0.15) is 6.04 Å². The number of nitrogens with one attached hydrogen (secondary N) is 1. The summed E-state index contributed by atoms with van der Waals surface area (Å²) in [5, 5.41) is 2.71. The van der Waals surface area contributed by atoms with Crippen molar-refractivity contribution in [2.45, 2.75) is 19.1 Å². The lowest BCUT2D eigenvalue weighted by atomic mass is 10.0. The van der Waals surface area contributed by atoms with Crippen LogP contribution in [0, 0.1) is 0 Å². The maximum atomic E-state index is 12.5. The normalized spacial score (nSPS) is 11.9. The highest BCUT2D eigenvalue weighted by atomic mass is 19.3. The number of amides is 2. The first-order valence-electron chi connectivity index (χ1n) is 9.16. The molecule has 0 radical (unpaired) electrons. The Balaban J connectivity index is 2.10. The molecular formula is C22H24F2N2O4. The van der Waals surface area contributed by atoms with Crippen molar-refractivity contribution in [3.8, 4) is 11.5 Å². The summed E-state index contributed by atoms with van der Waals surface area (Å²) < 4.78 is 34.2. The summed E-state index contributed by atoms with van der Waals surface area (Å²) in [7, 11) is 4.57. The summed E-state index contributed by atoms with van der Waals surface area (Å²) in [4.78, 5) is 26.3. The summed E-state index contributed by atoms with van der Waals surface area (Å²) >= 11 is 0. The quantitative estimate of drug-likeness (QED) is 0.636. The van der Waals surface area contributed by atoms with Crippen molar-refractivity contribution in [1.82, 2.24) is 10.2 Å². The summed E-state index contributed by atoms with van der Waals surface area (Å²) in [6.45, 7) is -2.97. The van der Waals surface area contributed by atoms with Crippen molar-refractivity contribution in [2.75, 3.05) is 21.2 Å². The van der Waals surface area contributed by atoms with Gasteiger partial charge in [0.25, 0.3) is 0 Å². The first kappa shape index (κ1) is 22.9. The third kappa shape index (κ3) is 6.88. The van der Waals surface area contributed by atoms with Crippen LogP contribution in [0.5, 0.6) is 11.5 Å². The number of benzene rings is 2. The Bertz CT molecular complexity index is 886. The van der Waals surface area contributed by atoms with Gasteiger partial charge in [-0.3, -0.25) is 9.59 Å². The number of nitrogens with zero attached hydrogens (tertiary/aromatic N) is 1. The van der Waals surface area contributed by atoms with Crippen LogP contribution in [-0.4, -0.2) is 50.6 Å². The number of alkyl halides is 2. The van der Waals surface area contributed by atoms with Gasteiger partial charge in [0.05, 0.1) is 7.11 Å².